The predicted octanol–water partition coefficient (Wildman–Crippen LogP) is 1.43. The van der Waals surface area contributed by atoms with Gasteiger partial charge in [-0.15, -0.1) is 10.2 Å². The summed E-state index contributed by atoms with van der Waals surface area (Å²) in [6, 6.07) is 5.82. The zero-order valence-corrected chi connectivity index (χ0v) is 13.3. The van der Waals surface area contributed by atoms with Crippen LogP contribution in [0.3, 0.4) is 0 Å². The Hall–Kier alpha value is -1.80. The number of hydrogen-bond donors (Lipinski definition) is 1. The Balaban J connectivity index is 2.00. The highest BCUT2D eigenvalue weighted by atomic mass is 32.2. The number of rotatable bonds is 5. The van der Waals surface area contributed by atoms with Crippen molar-refractivity contribution in [3.63, 3.8) is 0 Å². The first-order valence-corrected chi connectivity index (χ1v) is 9.00. The van der Waals surface area contributed by atoms with Gasteiger partial charge < -0.3 is 5.32 Å². The summed E-state index contributed by atoms with van der Waals surface area (Å²) in [6.45, 7) is 2.30. The average Bonchev–Trinajstić information content (AvgIpc) is 2.92. The topological polar surface area (TPSA) is 89.0 Å². The van der Waals surface area contributed by atoms with Crippen LogP contribution in [0.2, 0.25) is 0 Å². The van der Waals surface area contributed by atoms with E-state index in [9.17, 15) is 13.2 Å². The Morgan fingerprint density at radius 3 is 2.33 bits per heavy atom. The van der Waals surface area contributed by atoms with E-state index in [1.807, 2.05) is 6.92 Å². The first kappa shape index (κ1) is 15.6. The third-order valence-electron chi connectivity index (χ3n) is 2.76. The van der Waals surface area contributed by atoms with Crippen molar-refractivity contribution in [1.82, 2.24) is 15.5 Å². The van der Waals surface area contributed by atoms with Gasteiger partial charge in [-0.2, -0.15) is 0 Å². The molecule has 0 bridgehead atoms. The smallest absolute Gasteiger partial charge is 0.251 e. The Kier molecular flexibility index (Phi) is 4.69. The Labute approximate surface area is 127 Å². The molecule has 0 aliphatic heterocycles. The molecule has 0 saturated carbocycles. The lowest BCUT2D eigenvalue weighted by atomic mass is 10.2. The van der Waals surface area contributed by atoms with Crippen LogP contribution < -0.4 is 5.32 Å². The zero-order valence-electron chi connectivity index (χ0n) is 11.7. The van der Waals surface area contributed by atoms with E-state index in [2.05, 4.69) is 15.5 Å². The van der Waals surface area contributed by atoms with Gasteiger partial charge in [0.05, 0.1) is 11.4 Å². The normalized spacial score (nSPS) is 11.3. The van der Waals surface area contributed by atoms with Crippen molar-refractivity contribution in [2.45, 2.75) is 24.8 Å². The first-order valence-electron chi connectivity index (χ1n) is 6.29. The molecular formula is C13H15N3O3S2. The number of aromatic nitrogens is 2. The Morgan fingerprint density at radius 2 is 1.81 bits per heavy atom. The van der Waals surface area contributed by atoms with E-state index < -0.39 is 9.84 Å². The van der Waals surface area contributed by atoms with Crippen LogP contribution in [0.4, 0.5) is 0 Å². The van der Waals surface area contributed by atoms with Crippen LogP contribution in [-0.4, -0.2) is 30.8 Å². The van der Waals surface area contributed by atoms with Gasteiger partial charge in [0.25, 0.3) is 5.91 Å². The fraction of sp³-hybridized carbons (Fsp3) is 0.308. The van der Waals surface area contributed by atoms with E-state index in [-0.39, 0.29) is 10.8 Å². The lowest BCUT2D eigenvalue weighted by Gasteiger charge is -2.04. The predicted molar refractivity (Wildman–Crippen MR) is 80.0 cm³/mol. The Bertz CT molecular complexity index is 736. The average molecular weight is 325 g/mol. The minimum atomic E-state index is -3.25. The first-order chi connectivity index (χ1) is 9.90. The second-order valence-electron chi connectivity index (χ2n) is 4.42. The largest absolute Gasteiger partial charge is 0.345 e. The fourth-order valence-corrected chi connectivity index (χ4v) is 2.97. The molecule has 6 nitrogen and oxygen atoms in total. The quantitative estimate of drug-likeness (QED) is 0.898. The van der Waals surface area contributed by atoms with Gasteiger partial charge in [0.2, 0.25) is 0 Å². The standard InChI is InChI=1S/C13H15N3O3S2/c1-3-11-15-16-12(20-11)8-14-13(17)9-4-6-10(7-5-9)21(2,18)19/h4-7H,3,8H2,1-2H3,(H,14,17). The summed E-state index contributed by atoms with van der Waals surface area (Å²) in [5, 5.41) is 12.3. The molecule has 1 aromatic carbocycles. The molecule has 0 saturated heterocycles. The summed E-state index contributed by atoms with van der Waals surface area (Å²) in [4.78, 5) is 12.1. The molecule has 1 aromatic heterocycles. The molecule has 0 aliphatic rings. The number of hydrogen-bond acceptors (Lipinski definition) is 6. The van der Waals surface area contributed by atoms with Gasteiger partial charge in [0.15, 0.2) is 9.84 Å². The fourth-order valence-electron chi connectivity index (χ4n) is 1.61. The van der Waals surface area contributed by atoms with Crippen molar-refractivity contribution < 1.29 is 13.2 Å². The number of aryl methyl sites for hydroxylation is 1. The highest BCUT2D eigenvalue weighted by molar-refractivity contribution is 7.90. The summed E-state index contributed by atoms with van der Waals surface area (Å²) < 4.78 is 22.7. The summed E-state index contributed by atoms with van der Waals surface area (Å²) in [6.07, 6.45) is 1.95. The van der Waals surface area contributed by atoms with E-state index in [1.165, 1.54) is 35.6 Å². The maximum atomic E-state index is 12.0. The molecule has 21 heavy (non-hydrogen) atoms. The van der Waals surface area contributed by atoms with Gasteiger partial charge in [0.1, 0.15) is 10.0 Å². The Morgan fingerprint density at radius 1 is 1.19 bits per heavy atom. The van der Waals surface area contributed by atoms with Crippen molar-refractivity contribution in [2.24, 2.45) is 0 Å². The summed E-state index contributed by atoms with van der Waals surface area (Å²) >= 11 is 1.46. The van der Waals surface area contributed by atoms with Crippen LogP contribution in [0.1, 0.15) is 27.3 Å². The third kappa shape index (κ3) is 4.08. The van der Waals surface area contributed by atoms with Crippen LogP contribution in [0, 0.1) is 0 Å². The summed E-state index contributed by atoms with van der Waals surface area (Å²) in [5.41, 5.74) is 0.405. The van der Waals surface area contributed by atoms with Crippen molar-refractivity contribution >= 4 is 27.1 Å². The number of nitrogens with one attached hydrogen (secondary N) is 1. The maximum Gasteiger partial charge on any atom is 0.251 e. The minimum Gasteiger partial charge on any atom is -0.345 e. The SMILES string of the molecule is CCc1nnc(CNC(=O)c2ccc(S(C)(=O)=O)cc2)s1. The zero-order chi connectivity index (χ0) is 15.5. The molecule has 0 unspecified atom stereocenters. The second kappa shape index (κ2) is 6.31. The molecule has 0 spiro atoms. The number of sulfone groups is 1. The van der Waals surface area contributed by atoms with Gasteiger partial charge in [-0.1, -0.05) is 18.3 Å². The molecule has 112 valence electrons. The van der Waals surface area contributed by atoms with Gasteiger partial charge in [0, 0.05) is 11.8 Å². The molecule has 1 amide bonds. The van der Waals surface area contributed by atoms with E-state index in [1.54, 1.807) is 0 Å². The number of nitrogens with zero attached hydrogens (tertiary/aromatic N) is 2. The van der Waals surface area contributed by atoms with Gasteiger partial charge >= 0.3 is 0 Å². The lowest BCUT2D eigenvalue weighted by molar-refractivity contribution is 0.0950. The van der Waals surface area contributed by atoms with Gasteiger partial charge in [-0.25, -0.2) is 8.42 Å². The van der Waals surface area contributed by atoms with E-state index in [4.69, 9.17) is 0 Å². The van der Waals surface area contributed by atoms with Crippen molar-refractivity contribution in [3.8, 4) is 0 Å². The molecular weight excluding hydrogens is 310 g/mol. The maximum absolute atomic E-state index is 12.0. The molecule has 1 N–H and O–H groups in total. The van der Waals surface area contributed by atoms with Gasteiger partial charge in [-0.3, -0.25) is 4.79 Å². The molecule has 0 aliphatic carbocycles. The van der Waals surface area contributed by atoms with E-state index in [0.717, 1.165) is 22.7 Å². The molecule has 8 heteroatoms. The lowest BCUT2D eigenvalue weighted by Crippen LogP contribution is -2.22. The number of carbonyl (C=O) groups is 1. The van der Waals surface area contributed by atoms with Crippen molar-refractivity contribution in [3.05, 3.63) is 39.8 Å². The number of amides is 1. The van der Waals surface area contributed by atoms with E-state index in [0.29, 0.717) is 12.1 Å². The molecule has 2 rings (SSSR count). The van der Waals surface area contributed by atoms with Crippen LogP contribution in [0.5, 0.6) is 0 Å². The van der Waals surface area contributed by atoms with Crippen LogP contribution in [0.15, 0.2) is 29.2 Å². The molecule has 0 fully saturated rings. The second-order valence-corrected chi connectivity index (χ2v) is 7.58. The van der Waals surface area contributed by atoms with Crippen molar-refractivity contribution in [2.75, 3.05) is 6.26 Å². The van der Waals surface area contributed by atoms with Crippen LogP contribution in [0.25, 0.3) is 0 Å². The van der Waals surface area contributed by atoms with Crippen LogP contribution >= 0.6 is 11.3 Å². The summed E-state index contributed by atoms with van der Waals surface area (Å²) in [7, 11) is -3.25. The van der Waals surface area contributed by atoms with Gasteiger partial charge in [-0.05, 0) is 30.7 Å². The monoisotopic (exact) mass is 325 g/mol. The highest BCUT2D eigenvalue weighted by Gasteiger charge is 2.10. The summed E-state index contributed by atoms with van der Waals surface area (Å²) in [5.74, 6) is -0.275. The third-order valence-corrected chi connectivity index (χ3v) is 4.95. The van der Waals surface area contributed by atoms with Crippen molar-refractivity contribution in [1.29, 1.82) is 0 Å². The molecule has 2 aromatic rings. The van der Waals surface area contributed by atoms with E-state index >= 15 is 0 Å². The molecule has 1 heterocycles. The number of carbonyl (C=O) groups excluding carboxylic acids is 1. The highest BCUT2D eigenvalue weighted by Crippen LogP contribution is 2.12. The minimum absolute atomic E-state index is 0.191. The molecule has 0 radical (unpaired) electrons. The van der Waals surface area contributed by atoms with Crippen LogP contribution in [-0.2, 0) is 22.8 Å². The number of benzene rings is 1. The molecule has 0 atom stereocenters.